The second-order valence-corrected chi connectivity index (χ2v) is 4.70. The molecule has 3 aromatic heterocycles. The van der Waals surface area contributed by atoms with Crippen molar-refractivity contribution in [2.45, 2.75) is 26.8 Å². The van der Waals surface area contributed by atoms with E-state index in [0.717, 1.165) is 35.6 Å². The van der Waals surface area contributed by atoms with Crippen LogP contribution in [-0.2, 0) is 6.54 Å². The van der Waals surface area contributed by atoms with Gasteiger partial charge in [-0.3, -0.25) is 4.40 Å². The molecule has 98 valence electrons. The Morgan fingerprint density at radius 2 is 2.21 bits per heavy atom. The fraction of sp³-hybridized carbons (Fsp3) is 0.286. The minimum atomic E-state index is 0.663. The molecule has 0 saturated heterocycles. The van der Waals surface area contributed by atoms with E-state index in [0.29, 0.717) is 5.82 Å². The minimum absolute atomic E-state index is 0.663. The van der Waals surface area contributed by atoms with E-state index in [1.54, 1.807) is 0 Å². The number of imidazole rings is 2. The van der Waals surface area contributed by atoms with Crippen LogP contribution in [0.25, 0.3) is 17.0 Å². The highest BCUT2D eigenvalue weighted by molar-refractivity contribution is 5.73. The summed E-state index contributed by atoms with van der Waals surface area (Å²) in [6.07, 6.45) is 6.64. The van der Waals surface area contributed by atoms with E-state index in [9.17, 15) is 0 Å². The average molecular weight is 255 g/mol. The molecule has 5 nitrogen and oxygen atoms in total. The maximum absolute atomic E-state index is 6.22. The first-order valence-electron chi connectivity index (χ1n) is 6.46. The first-order valence-corrected chi connectivity index (χ1v) is 6.46. The molecule has 0 aliphatic carbocycles. The molecule has 0 amide bonds. The number of rotatable bonds is 3. The second kappa shape index (κ2) is 4.42. The van der Waals surface area contributed by atoms with Gasteiger partial charge in [-0.15, -0.1) is 0 Å². The quantitative estimate of drug-likeness (QED) is 0.782. The van der Waals surface area contributed by atoms with Crippen LogP contribution < -0.4 is 5.73 Å². The van der Waals surface area contributed by atoms with Gasteiger partial charge in [0, 0.05) is 12.7 Å². The normalized spacial score (nSPS) is 11.3. The Morgan fingerprint density at radius 3 is 2.95 bits per heavy atom. The van der Waals surface area contributed by atoms with Crippen LogP contribution in [0.4, 0.5) is 5.82 Å². The summed E-state index contributed by atoms with van der Waals surface area (Å²) in [5.41, 5.74) is 10.0. The third-order valence-electron chi connectivity index (χ3n) is 3.30. The van der Waals surface area contributed by atoms with E-state index < -0.39 is 0 Å². The molecular formula is C14H17N5. The van der Waals surface area contributed by atoms with Crippen molar-refractivity contribution in [3.8, 4) is 11.4 Å². The van der Waals surface area contributed by atoms with Crippen LogP contribution >= 0.6 is 0 Å². The van der Waals surface area contributed by atoms with Crippen LogP contribution in [0.3, 0.4) is 0 Å². The monoisotopic (exact) mass is 255 g/mol. The molecule has 0 saturated carbocycles. The molecule has 0 atom stereocenters. The predicted octanol–water partition coefficient (Wildman–Crippen LogP) is 2.50. The van der Waals surface area contributed by atoms with Crippen LogP contribution in [0.15, 0.2) is 30.9 Å². The zero-order valence-electron chi connectivity index (χ0n) is 11.2. The Kier molecular flexibility index (Phi) is 2.74. The van der Waals surface area contributed by atoms with Gasteiger partial charge in [-0.2, -0.15) is 0 Å². The van der Waals surface area contributed by atoms with Gasteiger partial charge in [0.1, 0.15) is 17.2 Å². The van der Waals surface area contributed by atoms with Gasteiger partial charge in [-0.1, -0.05) is 13.0 Å². The van der Waals surface area contributed by atoms with Crippen LogP contribution in [0.5, 0.6) is 0 Å². The molecule has 0 spiro atoms. The van der Waals surface area contributed by atoms with E-state index in [-0.39, 0.29) is 0 Å². The fourth-order valence-electron chi connectivity index (χ4n) is 2.35. The van der Waals surface area contributed by atoms with Gasteiger partial charge in [0.2, 0.25) is 0 Å². The van der Waals surface area contributed by atoms with Crippen LogP contribution in [0.2, 0.25) is 0 Å². The first-order chi connectivity index (χ1) is 9.22. The molecule has 3 heterocycles. The van der Waals surface area contributed by atoms with Gasteiger partial charge in [-0.25, -0.2) is 9.97 Å². The number of nitrogens with zero attached hydrogens (tertiary/aromatic N) is 4. The smallest absolute Gasteiger partial charge is 0.142 e. The Hall–Kier alpha value is -2.30. The topological polar surface area (TPSA) is 61.1 Å². The number of nitrogens with two attached hydrogens (primary N) is 1. The number of aromatic nitrogens is 4. The molecule has 0 radical (unpaired) electrons. The maximum atomic E-state index is 6.22. The highest BCUT2D eigenvalue weighted by atomic mass is 15.1. The number of hydrogen-bond acceptors (Lipinski definition) is 3. The SMILES string of the molecule is CCCn1cncc1-c1nc2c(C)cccn2c1N. The van der Waals surface area contributed by atoms with E-state index in [1.807, 2.05) is 42.2 Å². The third-order valence-corrected chi connectivity index (χ3v) is 3.30. The van der Waals surface area contributed by atoms with Crippen molar-refractivity contribution < 1.29 is 0 Å². The highest BCUT2D eigenvalue weighted by Crippen LogP contribution is 2.27. The van der Waals surface area contributed by atoms with Gasteiger partial charge < -0.3 is 10.3 Å². The summed E-state index contributed by atoms with van der Waals surface area (Å²) in [6, 6.07) is 4.02. The summed E-state index contributed by atoms with van der Waals surface area (Å²) in [4.78, 5) is 8.88. The molecule has 0 unspecified atom stereocenters. The first kappa shape index (κ1) is 11.8. The van der Waals surface area contributed by atoms with Crippen LogP contribution in [0, 0.1) is 6.92 Å². The summed E-state index contributed by atoms with van der Waals surface area (Å²) in [5, 5.41) is 0. The Labute approximate surface area is 111 Å². The van der Waals surface area contributed by atoms with Crippen molar-refractivity contribution >= 4 is 11.5 Å². The molecule has 0 aliphatic heterocycles. The van der Waals surface area contributed by atoms with Crippen molar-refractivity contribution in [3.63, 3.8) is 0 Å². The largest absolute Gasteiger partial charge is 0.383 e. The summed E-state index contributed by atoms with van der Waals surface area (Å²) in [6.45, 7) is 5.09. The van der Waals surface area contributed by atoms with Gasteiger partial charge in [0.15, 0.2) is 0 Å². The summed E-state index contributed by atoms with van der Waals surface area (Å²) in [7, 11) is 0. The second-order valence-electron chi connectivity index (χ2n) is 4.70. The molecule has 0 aromatic carbocycles. The lowest BCUT2D eigenvalue weighted by Crippen LogP contribution is -2.00. The van der Waals surface area contributed by atoms with Crippen LogP contribution in [0.1, 0.15) is 18.9 Å². The molecule has 0 aliphatic rings. The van der Waals surface area contributed by atoms with Crippen molar-refractivity contribution in [1.29, 1.82) is 0 Å². The standard InChI is InChI=1S/C14H17N5/c1-3-6-18-9-16-8-11(18)12-13(15)19-7-4-5-10(2)14(19)17-12/h4-5,7-9H,3,6,15H2,1-2H3. The van der Waals surface area contributed by atoms with Gasteiger partial charge in [0.05, 0.1) is 18.2 Å². The number of hydrogen-bond donors (Lipinski definition) is 1. The molecule has 3 aromatic rings. The van der Waals surface area contributed by atoms with Crippen LogP contribution in [-0.4, -0.2) is 18.9 Å². The molecule has 0 fully saturated rings. The molecule has 0 bridgehead atoms. The van der Waals surface area contributed by atoms with E-state index in [2.05, 4.69) is 21.5 Å². The number of anilines is 1. The highest BCUT2D eigenvalue weighted by Gasteiger charge is 2.15. The molecule has 5 heteroatoms. The minimum Gasteiger partial charge on any atom is -0.383 e. The third kappa shape index (κ3) is 1.78. The zero-order chi connectivity index (χ0) is 13.4. The zero-order valence-corrected chi connectivity index (χ0v) is 11.2. The van der Waals surface area contributed by atoms with Crippen molar-refractivity contribution in [2.24, 2.45) is 0 Å². The Bertz CT molecular complexity index is 723. The number of aryl methyl sites for hydroxylation is 2. The molecular weight excluding hydrogens is 238 g/mol. The molecule has 3 rings (SSSR count). The van der Waals surface area contributed by atoms with E-state index in [1.165, 1.54) is 0 Å². The lowest BCUT2D eigenvalue weighted by atomic mass is 10.3. The van der Waals surface area contributed by atoms with E-state index >= 15 is 0 Å². The average Bonchev–Trinajstić information content (AvgIpc) is 2.97. The van der Waals surface area contributed by atoms with Gasteiger partial charge in [0.25, 0.3) is 0 Å². The maximum Gasteiger partial charge on any atom is 0.142 e. The summed E-state index contributed by atoms with van der Waals surface area (Å²) >= 11 is 0. The molecule has 19 heavy (non-hydrogen) atoms. The summed E-state index contributed by atoms with van der Waals surface area (Å²) < 4.78 is 4.02. The van der Waals surface area contributed by atoms with Crippen molar-refractivity contribution in [3.05, 3.63) is 36.4 Å². The van der Waals surface area contributed by atoms with Gasteiger partial charge in [-0.05, 0) is 25.0 Å². The van der Waals surface area contributed by atoms with Crippen molar-refractivity contribution in [2.75, 3.05) is 5.73 Å². The lowest BCUT2D eigenvalue weighted by Gasteiger charge is -2.04. The fourth-order valence-corrected chi connectivity index (χ4v) is 2.35. The Balaban J connectivity index is 2.22. The lowest BCUT2D eigenvalue weighted by molar-refractivity contribution is 0.683. The number of nitrogen functional groups attached to an aromatic ring is 1. The van der Waals surface area contributed by atoms with Gasteiger partial charge >= 0.3 is 0 Å². The van der Waals surface area contributed by atoms with Crippen molar-refractivity contribution in [1.82, 2.24) is 18.9 Å². The summed E-state index contributed by atoms with van der Waals surface area (Å²) in [5.74, 6) is 0.663. The Morgan fingerprint density at radius 1 is 1.37 bits per heavy atom. The number of pyridine rings is 1. The van der Waals surface area contributed by atoms with E-state index in [4.69, 9.17) is 5.73 Å². The predicted molar refractivity (Wildman–Crippen MR) is 75.9 cm³/mol. The molecule has 2 N–H and O–H groups in total. The number of fused-ring (bicyclic) bond motifs is 1.